The molecule has 2 heterocycles. The summed E-state index contributed by atoms with van der Waals surface area (Å²) in [5, 5.41) is 14.5. The zero-order chi connectivity index (χ0) is 19.1. The molecule has 0 fully saturated rings. The highest BCUT2D eigenvalue weighted by atomic mass is 32.1. The smallest absolute Gasteiger partial charge is 0.266 e. The summed E-state index contributed by atoms with van der Waals surface area (Å²) in [4.78, 5) is 15.4. The topological polar surface area (TPSA) is 79.1 Å². The molecule has 2 aromatic heterocycles. The molecule has 0 aliphatic carbocycles. The molecular weight excluding hydrogens is 356 g/mol. The molecule has 0 saturated heterocycles. The third-order valence-electron chi connectivity index (χ3n) is 5.25. The van der Waals surface area contributed by atoms with E-state index < -0.39 is 0 Å². The van der Waals surface area contributed by atoms with Crippen LogP contribution in [0, 0.1) is 6.92 Å². The van der Waals surface area contributed by atoms with Gasteiger partial charge in [-0.2, -0.15) is 0 Å². The van der Waals surface area contributed by atoms with Crippen LogP contribution in [-0.4, -0.2) is 16.6 Å². The Bertz CT molecular complexity index is 1190. The maximum atomic E-state index is 12.4. The molecule has 0 aliphatic rings. The van der Waals surface area contributed by atoms with Crippen LogP contribution >= 0.6 is 11.3 Å². The molecule has 4 aromatic rings. The average molecular weight is 378 g/mol. The Kier molecular flexibility index (Phi) is 4.50. The molecule has 0 spiro atoms. The van der Waals surface area contributed by atoms with Crippen molar-refractivity contribution in [1.82, 2.24) is 4.98 Å². The van der Waals surface area contributed by atoms with Gasteiger partial charge in [0.15, 0.2) is 0 Å². The van der Waals surface area contributed by atoms with Gasteiger partial charge in [0, 0.05) is 16.3 Å². The molecule has 0 saturated carbocycles. The van der Waals surface area contributed by atoms with E-state index in [1.54, 1.807) is 6.07 Å². The van der Waals surface area contributed by atoms with Gasteiger partial charge in [-0.05, 0) is 60.0 Å². The number of hydrogen-bond donors (Lipinski definition) is 3. The number of H-pyrrole nitrogens is 1. The Morgan fingerprint density at radius 3 is 2.67 bits per heavy atom. The maximum Gasteiger partial charge on any atom is 0.266 e. The summed E-state index contributed by atoms with van der Waals surface area (Å²) < 4.78 is 0.682. The molecule has 0 radical (unpaired) electrons. The number of phenols is 1. The number of aromatic amines is 1. The lowest BCUT2D eigenvalue weighted by Crippen LogP contribution is -2.06. The molecule has 0 unspecified atom stereocenters. The summed E-state index contributed by atoms with van der Waals surface area (Å²) in [5.74, 6) is 0.620. The summed E-state index contributed by atoms with van der Waals surface area (Å²) in [6.07, 6.45) is 0.939. The highest BCUT2D eigenvalue weighted by Crippen LogP contribution is 2.41. The highest BCUT2D eigenvalue weighted by Gasteiger charge is 2.17. The molecule has 0 aliphatic heterocycles. The highest BCUT2D eigenvalue weighted by molar-refractivity contribution is 7.17. The molecule has 5 heteroatoms. The number of aromatic nitrogens is 1. The summed E-state index contributed by atoms with van der Waals surface area (Å²) >= 11 is 1.42. The summed E-state index contributed by atoms with van der Waals surface area (Å²) in [5.41, 5.74) is 10.1. The van der Waals surface area contributed by atoms with Crippen LogP contribution in [0.1, 0.15) is 30.4 Å². The standard InChI is InChI=1S/C22H22N2O2S/c1-12(7-9-23)14-3-5-15(6-4-14)18-17(25)11-13(2)20-19(18)16-8-10-27-21(16)22(26)24-20/h3-6,8,10-12,25H,7,9,23H2,1-2H3,(H,24,26)/t12-/m1/s1. The summed E-state index contributed by atoms with van der Waals surface area (Å²) in [7, 11) is 0. The minimum Gasteiger partial charge on any atom is -0.507 e. The van der Waals surface area contributed by atoms with Crippen molar-refractivity contribution >= 4 is 32.3 Å². The zero-order valence-corrected chi connectivity index (χ0v) is 16.2. The monoisotopic (exact) mass is 378 g/mol. The van der Waals surface area contributed by atoms with Crippen molar-refractivity contribution in [1.29, 1.82) is 0 Å². The Balaban J connectivity index is 1.99. The summed E-state index contributed by atoms with van der Waals surface area (Å²) in [6.45, 7) is 4.73. The van der Waals surface area contributed by atoms with E-state index in [0.29, 0.717) is 17.2 Å². The first-order valence-corrected chi connectivity index (χ1v) is 9.95. The molecule has 4 N–H and O–H groups in total. The van der Waals surface area contributed by atoms with E-state index in [2.05, 4.69) is 24.0 Å². The van der Waals surface area contributed by atoms with E-state index >= 15 is 0 Å². The van der Waals surface area contributed by atoms with E-state index in [4.69, 9.17) is 5.73 Å². The van der Waals surface area contributed by atoms with Crippen LogP contribution in [0.3, 0.4) is 0 Å². The molecule has 4 nitrogen and oxygen atoms in total. The number of phenolic OH excluding ortho intramolecular Hbond substituents is 1. The molecule has 0 bridgehead atoms. The zero-order valence-electron chi connectivity index (χ0n) is 15.4. The first kappa shape index (κ1) is 17.8. The van der Waals surface area contributed by atoms with Crippen molar-refractivity contribution in [2.24, 2.45) is 5.73 Å². The Morgan fingerprint density at radius 1 is 1.22 bits per heavy atom. The van der Waals surface area contributed by atoms with Crippen LogP contribution in [0.4, 0.5) is 0 Å². The number of thiophene rings is 1. The molecule has 4 rings (SSSR count). The fourth-order valence-corrected chi connectivity index (χ4v) is 4.56. The van der Waals surface area contributed by atoms with Crippen LogP contribution in [0.15, 0.2) is 46.6 Å². The van der Waals surface area contributed by atoms with Crippen LogP contribution in [0.25, 0.3) is 32.1 Å². The third kappa shape index (κ3) is 2.93. The minimum absolute atomic E-state index is 0.0850. The van der Waals surface area contributed by atoms with E-state index in [0.717, 1.165) is 39.4 Å². The van der Waals surface area contributed by atoms with E-state index in [1.165, 1.54) is 16.9 Å². The van der Waals surface area contributed by atoms with Gasteiger partial charge in [-0.15, -0.1) is 11.3 Å². The number of nitrogens with one attached hydrogen (secondary N) is 1. The van der Waals surface area contributed by atoms with Crippen LogP contribution in [0.5, 0.6) is 5.75 Å². The SMILES string of the molecule is Cc1cc(O)c(-c2ccc([C@H](C)CCN)cc2)c2c1[nH]c(=O)c1sccc12. The predicted molar refractivity (Wildman–Crippen MR) is 114 cm³/mol. The van der Waals surface area contributed by atoms with Gasteiger partial charge >= 0.3 is 0 Å². The molecular formula is C22H22N2O2S. The van der Waals surface area contributed by atoms with Crippen molar-refractivity contribution in [3.8, 4) is 16.9 Å². The number of fused-ring (bicyclic) bond motifs is 3. The largest absolute Gasteiger partial charge is 0.507 e. The molecule has 27 heavy (non-hydrogen) atoms. The van der Waals surface area contributed by atoms with E-state index in [9.17, 15) is 9.90 Å². The fourth-order valence-electron chi connectivity index (χ4n) is 3.77. The number of rotatable bonds is 4. The second kappa shape index (κ2) is 6.83. The third-order valence-corrected chi connectivity index (χ3v) is 6.16. The van der Waals surface area contributed by atoms with Gasteiger partial charge in [-0.25, -0.2) is 0 Å². The number of pyridine rings is 1. The van der Waals surface area contributed by atoms with Crippen LogP contribution in [0.2, 0.25) is 0 Å². The van der Waals surface area contributed by atoms with Gasteiger partial charge in [-0.3, -0.25) is 4.79 Å². The minimum atomic E-state index is -0.0850. The van der Waals surface area contributed by atoms with Crippen molar-refractivity contribution < 1.29 is 5.11 Å². The number of aromatic hydroxyl groups is 1. The predicted octanol–water partition coefficient (Wildman–Crippen LogP) is 4.88. The van der Waals surface area contributed by atoms with Crippen molar-refractivity contribution in [2.75, 3.05) is 6.54 Å². The summed E-state index contributed by atoms with van der Waals surface area (Å²) in [6, 6.07) is 11.9. The molecule has 0 amide bonds. The van der Waals surface area contributed by atoms with Crippen molar-refractivity contribution in [2.45, 2.75) is 26.2 Å². The van der Waals surface area contributed by atoms with Crippen molar-refractivity contribution in [3.63, 3.8) is 0 Å². The second-order valence-corrected chi connectivity index (χ2v) is 7.97. The van der Waals surface area contributed by atoms with Crippen LogP contribution < -0.4 is 11.3 Å². The first-order chi connectivity index (χ1) is 13.0. The number of aryl methyl sites for hydroxylation is 1. The van der Waals surface area contributed by atoms with Gasteiger partial charge in [0.25, 0.3) is 5.56 Å². The molecule has 2 aromatic carbocycles. The van der Waals surface area contributed by atoms with Gasteiger partial charge in [0.2, 0.25) is 0 Å². The number of benzene rings is 2. The number of nitrogens with two attached hydrogens (primary N) is 1. The lowest BCUT2D eigenvalue weighted by atomic mass is 9.92. The quantitative estimate of drug-likeness (QED) is 0.474. The van der Waals surface area contributed by atoms with Gasteiger partial charge < -0.3 is 15.8 Å². The van der Waals surface area contributed by atoms with E-state index in [1.807, 2.05) is 30.5 Å². The van der Waals surface area contributed by atoms with Gasteiger partial charge in [0.05, 0.1) is 5.52 Å². The van der Waals surface area contributed by atoms with Gasteiger partial charge in [-0.1, -0.05) is 31.2 Å². The Morgan fingerprint density at radius 2 is 1.96 bits per heavy atom. The fraction of sp³-hybridized carbons (Fsp3) is 0.227. The lowest BCUT2D eigenvalue weighted by molar-refractivity contribution is 0.477. The van der Waals surface area contributed by atoms with E-state index in [-0.39, 0.29) is 11.3 Å². The molecule has 138 valence electrons. The lowest BCUT2D eigenvalue weighted by Gasteiger charge is -2.15. The Hall–Kier alpha value is -2.63. The normalized spacial score (nSPS) is 12.7. The Labute approximate surface area is 161 Å². The van der Waals surface area contributed by atoms with Crippen molar-refractivity contribution in [3.05, 3.63) is 63.3 Å². The number of hydrogen-bond acceptors (Lipinski definition) is 4. The molecule has 1 atom stereocenters. The van der Waals surface area contributed by atoms with Crippen LogP contribution in [-0.2, 0) is 0 Å². The average Bonchev–Trinajstić information content (AvgIpc) is 3.14. The first-order valence-electron chi connectivity index (χ1n) is 9.07. The van der Waals surface area contributed by atoms with Gasteiger partial charge in [0.1, 0.15) is 10.4 Å². The second-order valence-electron chi connectivity index (χ2n) is 7.06. The maximum absolute atomic E-state index is 12.4.